The average molecular weight is 304 g/mol. The predicted octanol–water partition coefficient (Wildman–Crippen LogP) is 2.82. The van der Waals surface area contributed by atoms with Crippen LogP contribution in [0.3, 0.4) is 0 Å². The standard InChI is InChI=1S/C14H16N4O2S/c1-3-4-16-14-18-17-13(21-14)9-20-12-6-10(8-15)5-11(7-12)19-2/h5-7H,3-4,9H2,1-2H3,(H,16,18). The van der Waals surface area contributed by atoms with Crippen molar-refractivity contribution in [3.05, 3.63) is 28.8 Å². The predicted molar refractivity (Wildman–Crippen MR) is 80.7 cm³/mol. The van der Waals surface area contributed by atoms with Crippen molar-refractivity contribution in [2.75, 3.05) is 19.0 Å². The van der Waals surface area contributed by atoms with E-state index < -0.39 is 0 Å². The fraction of sp³-hybridized carbons (Fsp3) is 0.357. The minimum Gasteiger partial charge on any atom is -0.497 e. The van der Waals surface area contributed by atoms with Crippen molar-refractivity contribution in [1.82, 2.24) is 10.2 Å². The SMILES string of the molecule is CCCNc1nnc(COc2cc(C#N)cc(OC)c2)s1. The lowest BCUT2D eigenvalue weighted by atomic mass is 10.2. The quantitative estimate of drug-likeness (QED) is 0.847. The molecule has 2 aromatic rings. The van der Waals surface area contributed by atoms with Crippen LogP contribution < -0.4 is 14.8 Å². The fourth-order valence-corrected chi connectivity index (χ4v) is 2.28. The zero-order valence-corrected chi connectivity index (χ0v) is 12.7. The minimum atomic E-state index is 0.309. The Morgan fingerprint density at radius 1 is 1.29 bits per heavy atom. The summed E-state index contributed by atoms with van der Waals surface area (Å²) in [6.07, 6.45) is 1.03. The number of methoxy groups -OCH3 is 1. The Bertz CT molecular complexity index is 636. The third-order valence-electron chi connectivity index (χ3n) is 2.60. The van der Waals surface area contributed by atoms with Gasteiger partial charge in [0, 0.05) is 12.6 Å². The molecule has 0 aliphatic rings. The molecule has 1 N–H and O–H groups in total. The van der Waals surface area contributed by atoms with Gasteiger partial charge in [-0.05, 0) is 18.6 Å². The van der Waals surface area contributed by atoms with Crippen molar-refractivity contribution in [3.63, 3.8) is 0 Å². The summed E-state index contributed by atoms with van der Waals surface area (Å²) in [5.41, 5.74) is 0.493. The van der Waals surface area contributed by atoms with Crippen LogP contribution in [0.2, 0.25) is 0 Å². The summed E-state index contributed by atoms with van der Waals surface area (Å²) in [5.74, 6) is 1.16. The van der Waals surface area contributed by atoms with Crippen LogP contribution in [0.15, 0.2) is 18.2 Å². The summed E-state index contributed by atoms with van der Waals surface area (Å²) >= 11 is 1.46. The molecule has 0 amide bonds. The number of nitrogens with one attached hydrogen (secondary N) is 1. The Kier molecular flexibility index (Phi) is 5.35. The van der Waals surface area contributed by atoms with Gasteiger partial charge in [-0.3, -0.25) is 0 Å². The zero-order valence-electron chi connectivity index (χ0n) is 11.9. The van der Waals surface area contributed by atoms with Gasteiger partial charge in [0.2, 0.25) is 5.13 Å². The van der Waals surface area contributed by atoms with E-state index in [0.717, 1.165) is 23.1 Å². The molecule has 7 heteroatoms. The summed E-state index contributed by atoms with van der Waals surface area (Å²) in [6, 6.07) is 7.13. The van der Waals surface area contributed by atoms with Crippen LogP contribution in [0, 0.1) is 11.3 Å². The van der Waals surface area contributed by atoms with Gasteiger partial charge in [-0.15, -0.1) is 10.2 Å². The van der Waals surface area contributed by atoms with E-state index in [1.165, 1.54) is 11.3 Å². The van der Waals surface area contributed by atoms with Crippen molar-refractivity contribution in [3.8, 4) is 17.6 Å². The number of aromatic nitrogens is 2. The summed E-state index contributed by atoms with van der Waals surface area (Å²) < 4.78 is 10.8. The number of ether oxygens (including phenoxy) is 2. The number of rotatable bonds is 7. The van der Waals surface area contributed by atoms with Gasteiger partial charge in [-0.2, -0.15) is 5.26 Å². The smallest absolute Gasteiger partial charge is 0.205 e. The summed E-state index contributed by atoms with van der Waals surface area (Å²) in [7, 11) is 1.55. The van der Waals surface area contributed by atoms with E-state index in [0.29, 0.717) is 23.7 Å². The molecular weight excluding hydrogens is 288 g/mol. The maximum absolute atomic E-state index is 8.96. The molecule has 0 bridgehead atoms. The van der Waals surface area contributed by atoms with E-state index in [-0.39, 0.29) is 0 Å². The summed E-state index contributed by atoms with van der Waals surface area (Å²) in [5, 5.41) is 21.8. The molecule has 6 nitrogen and oxygen atoms in total. The van der Waals surface area contributed by atoms with Gasteiger partial charge >= 0.3 is 0 Å². The van der Waals surface area contributed by atoms with Crippen LogP contribution in [-0.4, -0.2) is 23.9 Å². The third kappa shape index (κ3) is 4.33. The molecule has 0 aliphatic carbocycles. The number of benzene rings is 1. The van der Waals surface area contributed by atoms with Crippen LogP contribution in [-0.2, 0) is 6.61 Å². The van der Waals surface area contributed by atoms with E-state index in [1.54, 1.807) is 25.3 Å². The second kappa shape index (κ2) is 7.45. The molecule has 2 rings (SSSR count). The molecule has 21 heavy (non-hydrogen) atoms. The van der Waals surface area contributed by atoms with Gasteiger partial charge in [-0.1, -0.05) is 18.3 Å². The number of hydrogen-bond acceptors (Lipinski definition) is 7. The van der Waals surface area contributed by atoms with Crippen LogP contribution in [0.25, 0.3) is 0 Å². The van der Waals surface area contributed by atoms with Crippen LogP contribution >= 0.6 is 11.3 Å². The van der Waals surface area contributed by atoms with E-state index in [9.17, 15) is 0 Å². The zero-order chi connectivity index (χ0) is 15.1. The Balaban J connectivity index is 1.99. The van der Waals surface area contributed by atoms with Crippen LogP contribution in [0.1, 0.15) is 23.9 Å². The number of anilines is 1. The van der Waals surface area contributed by atoms with Crippen LogP contribution in [0.5, 0.6) is 11.5 Å². The Hall–Kier alpha value is -2.33. The second-order valence-electron chi connectivity index (χ2n) is 4.23. The first-order valence-electron chi connectivity index (χ1n) is 6.53. The molecule has 0 aliphatic heterocycles. The largest absolute Gasteiger partial charge is 0.497 e. The second-order valence-corrected chi connectivity index (χ2v) is 5.29. The monoisotopic (exact) mass is 304 g/mol. The van der Waals surface area contributed by atoms with Crippen molar-refractivity contribution in [2.24, 2.45) is 0 Å². The van der Waals surface area contributed by atoms with Gasteiger partial charge in [0.05, 0.1) is 18.7 Å². The lowest BCUT2D eigenvalue weighted by Crippen LogP contribution is -1.98. The molecule has 0 unspecified atom stereocenters. The van der Waals surface area contributed by atoms with E-state index in [2.05, 4.69) is 28.5 Å². The molecule has 0 saturated carbocycles. The molecule has 0 spiro atoms. The maximum atomic E-state index is 8.96. The van der Waals surface area contributed by atoms with E-state index in [1.807, 2.05) is 0 Å². The summed E-state index contributed by atoms with van der Waals surface area (Å²) in [4.78, 5) is 0. The van der Waals surface area contributed by atoms with E-state index in [4.69, 9.17) is 14.7 Å². The molecular formula is C14H16N4O2S. The third-order valence-corrected chi connectivity index (χ3v) is 3.45. The molecule has 1 aromatic heterocycles. The van der Waals surface area contributed by atoms with Gasteiger partial charge in [0.1, 0.15) is 18.1 Å². The highest BCUT2D eigenvalue weighted by Gasteiger charge is 2.06. The lowest BCUT2D eigenvalue weighted by Gasteiger charge is -2.06. The first-order chi connectivity index (χ1) is 10.2. The Morgan fingerprint density at radius 2 is 2.10 bits per heavy atom. The van der Waals surface area contributed by atoms with Crippen molar-refractivity contribution >= 4 is 16.5 Å². The molecule has 0 fully saturated rings. The molecule has 1 heterocycles. The van der Waals surface area contributed by atoms with Crippen LogP contribution in [0.4, 0.5) is 5.13 Å². The number of nitriles is 1. The molecule has 0 radical (unpaired) electrons. The Morgan fingerprint density at radius 3 is 2.81 bits per heavy atom. The highest BCUT2D eigenvalue weighted by Crippen LogP contribution is 2.24. The first kappa shape index (κ1) is 15.1. The number of hydrogen-bond donors (Lipinski definition) is 1. The average Bonchev–Trinajstić information content (AvgIpc) is 2.98. The lowest BCUT2D eigenvalue weighted by molar-refractivity contribution is 0.302. The van der Waals surface area contributed by atoms with Gasteiger partial charge < -0.3 is 14.8 Å². The van der Waals surface area contributed by atoms with Gasteiger partial charge in [-0.25, -0.2) is 0 Å². The minimum absolute atomic E-state index is 0.309. The summed E-state index contributed by atoms with van der Waals surface area (Å²) in [6.45, 7) is 3.27. The van der Waals surface area contributed by atoms with Gasteiger partial charge in [0.25, 0.3) is 0 Å². The highest BCUT2D eigenvalue weighted by atomic mass is 32.1. The van der Waals surface area contributed by atoms with Gasteiger partial charge in [0.15, 0.2) is 5.01 Å². The van der Waals surface area contributed by atoms with Crippen molar-refractivity contribution in [2.45, 2.75) is 20.0 Å². The topological polar surface area (TPSA) is 80.1 Å². The number of nitrogens with zero attached hydrogens (tertiary/aromatic N) is 3. The van der Waals surface area contributed by atoms with Crippen molar-refractivity contribution < 1.29 is 9.47 Å². The first-order valence-corrected chi connectivity index (χ1v) is 7.35. The molecule has 0 saturated heterocycles. The van der Waals surface area contributed by atoms with Crippen molar-refractivity contribution in [1.29, 1.82) is 5.26 Å². The Labute approximate surface area is 127 Å². The molecule has 110 valence electrons. The molecule has 1 aromatic carbocycles. The normalized spacial score (nSPS) is 9.95. The van der Waals surface area contributed by atoms with E-state index >= 15 is 0 Å². The maximum Gasteiger partial charge on any atom is 0.205 e. The highest BCUT2D eigenvalue weighted by molar-refractivity contribution is 7.15. The molecule has 0 atom stereocenters. The fourth-order valence-electron chi connectivity index (χ4n) is 1.60.